The number of benzene rings is 2. The van der Waals surface area contributed by atoms with Crippen molar-refractivity contribution in [3.63, 3.8) is 0 Å². The van der Waals surface area contributed by atoms with Crippen molar-refractivity contribution >= 4 is 31.3 Å². The van der Waals surface area contributed by atoms with Crippen LogP contribution in [0.1, 0.15) is 11.1 Å². The van der Waals surface area contributed by atoms with Crippen molar-refractivity contribution in [2.45, 2.75) is 11.5 Å². The van der Waals surface area contributed by atoms with Gasteiger partial charge in [-0.05, 0) is 28.0 Å². The monoisotopic (exact) mass is 302 g/mol. The van der Waals surface area contributed by atoms with Crippen molar-refractivity contribution in [2.24, 2.45) is 0 Å². The Balaban J connectivity index is 1.88. The van der Waals surface area contributed by atoms with Gasteiger partial charge in [0.2, 0.25) is 0 Å². The number of sulfone groups is 1. The predicted octanol–water partition coefficient (Wildman–Crippen LogP) is 4.02. The molecule has 3 rings (SSSR count). The fourth-order valence-electron chi connectivity index (χ4n) is 2.28. The minimum absolute atomic E-state index is 0.0929. The van der Waals surface area contributed by atoms with Gasteiger partial charge in [-0.15, -0.1) is 11.3 Å². The van der Waals surface area contributed by atoms with Gasteiger partial charge in [0, 0.05) is 4.70 Å². The van der Waals surface area contributed by atoms with E-state index in [4.69, 9.17) is 0 Å². The lowest BCUT2D eigenvalue weighted by molar-refractivity contribution is 0.594. The highest BCUT2D eigenvalue weighted by Gasteiger charge is 2.15. The summed E-state index contributed by atoms with van der Waals surface area (Å²) in [5, 5.41) is 3.11. The summed E-state index contributed by atoms with van der Waals surface area (Å²) in [6, 6.07) is 17.2. The van der Waals surface area contributed by atoms with E-state index in [1.807, 2.05) is 60.0 Å². The van der Waals surface area contributed by atoms with Crippen LogP contribution in [-0.2, 0) is 21.3 Å². The van der Waals surface area contributed by atoms with Crippen molar-refractivity contribution in [2.75, 3.05) is 0 Å². The van der Waals surface area contributed by atoms with Gasteiger partial charge in [0.1, 0.15) is 0 Å². The molecule has 1 aromatic heterocycles. The maximum atomic E-state index is 12.3. The van der Waals surface area contributed by atoms with E-state index in [9.17, 15) is 8.42 Å². The first-order valence-corrected chi connectivity index (χ1v) is 9.04. The summed E-state index contributed by atoms with van der Waals surface area (Å²) in [5.74, 6) is 0.190. The summed E-state index contributed by atoms with van der Waals surface area (Å²) in [5.41, 5.74) is 1.74. The fourth-order valence-corrected chi connectivity index (χ4v) is 4.81. The van der Waals surface area contributed by atoms with Crippen LogP contribution in [-0.4, -0.2) is 8.42 Å². The Morgan fingerprint density at radius 3 is 2.45 bits per heavy atom. The van der Waals surface area contributed by atoms with Gasteiger partial charge in [-0.1, -0.05) is 48.5 Å². The average molecular weight is 302 g/mol. The molecule has 1 heterocycles. The molecule has 0 bridgehead atoms. The molecule has 0 radical (unpaired) electrons. The van der Waals surface area contributed by atoms with Crippen molar-refractivity contribution in [1.82, 2.24) is 0 Å². The lowest BCUT2D eigenvalue weighted by atomic mass is 10.2. The van der Waals surface area contributed by atoms with Gasteiger partial charge in [-0.2, -0.15) is 0 Å². The third kappa shape index (κ3) is 2.92. The normalized spacial score (nSPS) is 11.8. The molecule has 2 nitrogen and oxygen atoms in total. The van der Waals surface area contributed by atoms with Crippen molar-refractivity contribution in [3.8, 4) is 0 Å². The molecule has 0 saturated carbocycles. The van der Waals surface area contributed by atoms with Gasteiger partial charge in [0.25, 0.3) is 0 Å². The molecular formula is C16H14O2S2. The third-order valence-corrected chi connectivity index (χ3v) is 5.70. The molecule has 4 heteroatoms. The SMILES string of the molecule is O=S(=O)(Cc1ccccc1)Cc1cccc2ccsc12. The van der Waals surface area contributed by atoms with Crippen molar-refractivity contribution in [3.05, 3.63) is 71.1 Å². The molecule has 0 aliphatic heterocycles. The lowest BCUT2D eigenvalue weighted by Gasteiger charge is -2.06. The van der Waals surface area contributed by atoms with Crippen LogP contribution in [0.15, 0.2) is 60.0 Å². The van der Waals surface area contributed by atoms with Crippen LogP contribution in [0.5, 0.6) is 0 Å². The van der Waals surface area contributed by atoms with Gasteiger partial charge < -0.3 is 0 Å². The molecule has 0 saturated heterocycles. The van der Waals surface area contributed by atoms with Crippen molar-refractivity contribution in [1.29, 1.82) is 0 Å². The topological polar surface area (TPSA) is 34.1 Å². The highest BCUT2D eigenvalue weighted by atomic mass is 32.2. The number of hydrogen-bond donors (Lipinski definition) is 0. The van der Waals surface area contributed by atoms with E-state index in [1.165, 1.54) is 0 Å². The molecular weight excluding hydrogens is 288 g/mol. The Bertz CT molecular complexity index is 818. The van der Waals surface area contributed by atoms with E-state index in [0.717, 1.165) is 21.2 Å². The second-order valence-corrected chi connectivity index (χ2v) is 7.75. The predicted molar refractivity (Wildman–Crippen MR) is 84.6 cm³/mol. The Morgan fingerprint density at radius 2 is 1.65 bits per heavy atom. The zero-order valence-corrected chi connectivity index (χ0v) is 12.5. The van der Waals surface area contributed by atoms with Gasteiger partial charge >= 0.3 is 0 Å². The molecule has 0 amide bonds. The van der Waals surface area contributed by atoms with Crippen LogP contribution < -0.4 is 0 Å². The van der Waals surface area contributed by atoms with Gasteiger partial charge in [0.15, 0.2) is 9.84 Å². The summed E-state index contributed by atoms with van der Waals surface area (Å²) in [4.78, 5) is 0. The molecule has 102 valence electrons. The van der Waals surface area contributed by atoms with Crippen LogP contribution in [0.2, 0.25) is 0 Å². The van der Waals surface area contributed by atoms with Crippen LogP contribution in [0.25, 0.3) is 10.1 Å². The Labute approximate surface area is 122 Å². The summed E-state index contributed by atoms with van der Waals surface area (Å²) in [6.45, 7) is 0. The Kier molecular flexibility index (Phi) is 3.59. The quantitative estimate of drug-likeness (QED) is 0.729. The van der Waals surface area contributed by atoms with Gasteiger partial charge in [-0.3, -0.25) is 0 Å². The molecule has 0 atom stereocenters. The van der Waals surface area contributed by atoms with E-state index in [1.54, 1.807) is 11.3 Å². The molecule has 0 aliphatic rings. The fraction of sp³-hybridized carbons (Fsp3) is 0.125. The number of rotatable bonds is 4. The molecule has 3 aromatic rings. The summed E-state index contributed by atoms with van der Waals surface area (Å²) in [7, 11) is -3.15. The lowest BCUT2D eigenvalue weighted by Crippen LogP contribution is -2.07. The average Bonchev–Trinajstić information content (AvgIpc) is 2.88. The zero-order valence-electron chi connectivity index (χ0n) is 10.8. The first-order chi connectivity index (χ1) is 9.64. The first-order valence-electron chi connectivity index (χ1n) is 6.33. The minimum atomic E-state index is -3.15. The molecule has 0 spiro atoms. The smallest absolute Gasteiger partial charge is 0.158 e. The Hall–Kier alpha value is -1.65. The second-order valence-electron chi connectivity index (χ2n) is 4.77. The van der Waals surface area contributed by atoms with Crippen molar-refractivity contribution < 1.29 is 8.42 Å². The largest absolute Gasteiger partial charge is 0.228 e. The summed E-state index contributed by atoms with van der Waals surface area (Å²) >= 11 is 1.60. The molecule has 20 heavy (non-hydrogen) atoms. The summed E-state index contributed by atoms with van der Waals surface area (Å²) < 4.78 is 25.8. The first kappa shape index (κ1) is 13.3. The number of thiophene rings is 1. The highest BCUT2D eigenvalue weighted by Crippen LogP contribution is 2.26. The van der Waals surface area contributed by atoms with Gasteiger partial charge in [-0.25, -0.2) is 8.42 Å². The van der Waals surface area contributed by atoms with E-state index in [0.29, 0.717) is 0 Å². The standard InChI is InChI=1S/C16H14O2S2/c17-20(18,11-13-5-2-1-3-6-13)12-15-8-4-7-14-9-10-19-16(14)15/h1-10H,11-12H2. The van der Waals surface area contributed by atoms with Crippen LogP contribution in [0.4, 0.5) is 0 Å². The molecule has 0 aliphatic carbocycles. The highest BCUT2D eigenvalue weighted by molar-refractivity contribution is 7.89. The maximum Gasteiger partial charge on any atom is 0.158 e. The molecule has 0 fully saturated rings. The van der Waals surface area contributed by atoms with Crippen LogP contribution in [0.3, 0.4) is 0 Å². The van der Waals surface area contributed by atoms with E-state index >= 15 is 0 Å². The molecule has 2 aromatic carbocycles. The van der Waals surface area contributed by atoms with Crippen LogP contribution in [0, 0.1) is 0 Å². The van der Waals surface area contributed by atoms with E-state index in [-0.39, 0.29) is 11.5 Å². The van der Waals surface area contributed by atoms with Gasteiger partial charge in [0.05, 0.1) is 11.5 Å². The maximum absolute atomic E-state index is 12.3. The van der Waals surface area contributed by atoms with E-state index in [2.05, 4.69) is 0 Å². The zero-order chi connectivity index (χ0) is 14.0. The molecule has 0 unspecified atom stereocenters. The molecule has 0 N–H and O–H groups in total. The Morgan fingerprint density at radius 1 is 0.850 bits per heavy atom. The second kappa shape index (κ2) is 5.38. The van der Waals surface area contributed by atoms with E-state index < -0.39 is 9.84 Å². The number of fused-ring (bicyclic) bond motifs is 1. The third-order valence-electron chi connectivity index (χ3n) is 3.17. The minimum Gasteiger partial charge on any atom is -0.228 e. The number of hydrogen-bond acceptors (Lipinski definition) is 3. The summed E-state index contributed by atoms with van der Waals surface area (Å²) in [6.07, 6.45) is 0. The van der Waals surface area contributed by atoms with Crippen LogP contribution >= 0.6 is 11.3 Å².